The summed E-state index contributed by atoms with van der Waals surface area (Å²) >= 11 is 0. The monoisotopic (exact) mass is 415 g/mol. The molecule has 0 aromatic heterocycles. The van der Waals surface area contributed by atoms with Gasteiger partial charge in [-0.15, -0.1) is 0 Å². The number of sulfonamides is 1. The first kappa shape index (κ1) is 21.0. The van der Waals surface area contributed by atoms with Gasteiger partial charge in [0.1, 0.15) is 6.04 Å². The third-order valence-corrected chi connectivity index (χ3v) is 6.22. The van der Waals surface area contributed by atoms with Gasteiger partial charge in [0.05, 0.1) is 4.90 Å². The molecule has 3 N–H and O–H groups in total. The van der Waals surface area contributed by atoms with Crippen molar-refractivity contribution in [3.63, 3.8) is 0 Å². The molecule has 0 spiro atoms. The molecule has 7 nitrogen and oxygen atoms in total. The zero-order valence-electron chi connectivity index (χ0n) is 16.4. The third-order valence-electron chi connectivity index (χ3n) is 4.78. The second-order valence-electron chi connectivity index (χ2n) is 7.42. The smallest absolute Gasteiger partial charge is 0.242 e. The molecule has 2 aromatic carbocycles. The summed E-state index contributed by atoms with van der Waals surface area (Å²) in [6.07, 6.45) is 1.67. The quantitative estimate of drug-likeness (QED) is 0.675. The molecule has 0 unspecified atom stereocenters. The number of hydrogen-bond acceptors (Lipinski definition) is 4. The summed E-state index contributed by atoms with van der Waals surface area (Å²) in [6.45, 7) is 3.56. The first-order valence-electron chi connectivity index (χ1n) is 9.57. The molecule has 0 fully saturated rings. The summed E-state index contributed by atoms with van der Waals surface area (Å²) in [6, 6.07) is 12.6. The highest BCUT2D eigenvalue weighted by Crippen LogP contribution is 2.25. The maximum atomic E-state index is 13.0. The molecule has 1 aliphatic heterocycles. The number of hydrogen-bond donors (Lipinski definition) is 3. The van der Waals surface area contributed by atoms with Gasteiger partial charge >= 0.3 is 0 Å². The highest BCUT2D eigenvalue weighted by molar-refractivity contribution is 7.89. The van der Waals surface area contributed by atoms with E-state index in [2.05, 4.69) is 15.4 Å². The Morgan fingerprint density at radius 2 is 1.79 bits per heavy atom. The van der Waals surface area contributed by atoms with Gasteiger partial charge < -0.3 is 10.6 Å². The van der Waals surface area contributed by atoms with Crippen LogP contribution in [0.2, 0.25) is 0 Å². The van der Waals surface area contributed by atoms with Crippen LogP contribution in [0.25, 0.3) is 0 Å². The van der Waals surface area contributed by atoms with Crippen LogP contribution in [0.15, 0.2) is 53.4 Å². The Morgan fingerprint density at radius 3 is 2.48 bits per heavy atom. The Balaban J connectivity index is 1.81. The largest absolute Gasteiger partial charge is 0.326 e. The molecule has 0 bridgehead atoms. The Morgan fingerprint density at radius 1 is 1.07 bits per heavy atom. The Kier molecular flexibility index (Phi) is 6.34. The number of anilines is 2. The van der Waals surface area contributed by atoms with Crippen LogP contribution in [0.3, 0.4) is 0 Å². The van der Waals surface area contributed by atoms with Crippen molar-refractivity contribution in [2.75, 3.05) is 10.6 Å². The van der Waals surface area contributed by atoms with E-state index in [4.69, 9.17) is 0 Å². The molecule has 29 heavy (non-hydrogen) atoms. The van der Waals surface area contributed by atoms with E-state index >= 15 is 0 Å². The number of aryl methyl sites for hydroxylation is 1. The number of rotatable bonds is 6. The van der Waals surface area contributed by atoms with E-state index in [0.717, 1.165) is 5.56 Å². The average molecular weight is 416 g/mol. The van der Waals surface area contributed by atoms with Crippen molar-refractivity contribution in [1.82, 2.24) is 4.72 Å². The number of nitrogens with one attached hydrogen (secondary N) is 3. The normalized spacial score (nSPS) is 15.2. The standard InChI is InChI=1S/C21H25N3O4S/c1-14(2)20(21(26)22-16-8-4-3-5-9-16)24-29(27,28)17-11-12-18-15(13-17)7-6-10-19(25)23-18/h3-5,8-9,11-14,20,24H,6-7,10H2,1-2H3,(H,22,26)(H,23,25)/t20-/m0/s1. The molecule has 3 rings (SSSR count). The van der Waals surface area contributed by atoms with Crippen molar-refractivity contribution in [3.05, 3.63) is 54.1 Å². The van der Waals surface area contributed by atoms with Crippen LogP contribution in [0, 0.1) is 5.92 Å². The van der Waals surface area contributed by atoms with Gasteiger partial charge in [-0.1, -0.05) is 32.0 Å². The second-order valence-corrected chi connectivity index (χ2v) is 9.13. The van der Waals surface area contributed by atoms with Crippen molar-refractivity contribution in [2.24, 2.45) is 5.92 Å². The van der Waals surface area contributed by atoms with E-state index in [-0.39, 0.29) is 16.7 Å². The predicted molar refractivity (Wildman–Crippen MR) is 112 cm³/mol. The molecular weight excluding hydrogens is 390 g/mol. The minimum Gasteiger partial charge on any atom is -0.326 e. The molecule has 0 aliphatic carbocycles. The first-order valence-corrected chi connectivity index (χ1v) is 11.1. The van der Waals surface area contributed by atoms with Gasteiger partial charge in [0, 0.05) is 17.8 Å². The summed E-state index contributed by atoms with van der Waals surface area (Å²) in [4.78, 5) is 24.5. The SMILES string of the molecule is CC(C)[C@H](NS(=O)(=O)c1ccc2c(c1)CCCC(=O)N2)C(=O)Nc1ccccc1. The summed E-state index contributed by atoms with van der Waals surface area (Å²) < 4.78 is 28.5. The predicted octanol–water partition coefficient (Wildman–Crippen LogP) is 2.90. The van der Waals surface area contributed by atoms with E-state index < -0.39 is 22.0 Å². The Bertz CT molecular complexity index is 1000. The van der Waals surface area contributed by atoms with Crippen molar-refractivity contribution < 1.29 is 18.0 Å². The zero-order valence-corrected chi connectivity index (χ0v) is 17.3. The lowest BCUT2D eigenvalue weighted by atomic mass is 10.0. The van der Waals surface area contributed by atoms with E-state index in [9.17, 15) is 18.0 Å². The van der Waals surface area contributed by atoms with Crippen molar-refractivity contribution in [2.45, 2.75) is 44.0 Å². The lowest BCUT2D eigenvalue weighted by Crippen LogP contribution is -2.47. The van der Waals surface area contributed by atoms with Crippen LogP contribution in [0.4, 0.5) is 11.4 Å². The number of para-hydroxylation sites is 1. The van der Waals surface area contributed by atoms with Crippen LogP contribution < -0.4 is 15.4 Å². The maximum Gasteiger partial charge on any atom is 0.242 e. The van der Waals surface area contributed by atoms with Crippen molar-refractivity contribution in [3.8, 4) is 0 Å². The van der Waals surface area contributed by atoms with Crippen molar-refractivity contribution >= 4 is 33.2 Å². The highest BCUT2D eigenvalue weighted by atomic mass is 32.2. The molecule has 8 heteroatoms. The molecule has 1 heterocycles. The van der Waals surface area contributed by atoms with Crippen LogP contribution in [0.5, 0.6) is 0 Å². The number of benzene rings is 2. The Labute approximate surface area is 171 Å². The van der Waals surface area contributed by atoms with Gasteiger partial charge in [0.2, 0.25) is 21.8 Å². The maximum absolute atomic E-state index is 13.0. The van der Waals surface area contributed by atoms with E-state index in [1.54, 1.807) is 50.2 Å². The van der Waals surface area contributed by atoms with Gasteiger partial charge in [0.25, 0.3) is 0 Å². The molecule has 2 amide bonds. The minimum atomic E-state index is -3.92. The van der Waals surface area contributed by atoms with Gasteiger partial charge in [-0.25, -0.2) is 8.42 Å². The molecule has 1 atom stereocenters. The molecule has 0 radical (unpaired) electrons. The molecule has 1 aliphatic rings. The number of carbonyl (C=O) groups is 2. The van der Waals surface area contributed by atoms with Gasteiger partial charge in [-0.05, 0) is 54.7 Å². The topological polar surface area (TPSA) is 104 Å². The summed E-state index contributed by atoms with van der Waals surface area (Å²) in [5.74, 6) is -0.750. The fourth-order valence-corrected chi connectivity index (χ4v) is 4.58. The molecular formula is C21H25N3O4S. The summed E-state index contributed by atoms with van der Waals surface area (Å²) in [5.41, 5.74) is 2.00. The second kappa shape index (κ2) is 8.75. The molecule has 0 saturated carbocycles. The molecule has 154 valence electrons. The van der Waals surface area contributed by atoms with E-state index in [1.807, 2.05) is 6.07 Å². The van der Waals surface area contributed by atoms with Gasteiger partial charge in [0.15, 0.2) is 0 Å². The van der Waals surface area contributed by atoms with Crippen LogP contribution in [0.1, 0.15) is 32.3 Å². The third kappa shape index (κ3) is 5.21. The van der Waals surface area contributed by atoms with E-state index in [0.29, 0.717) is 30.6 Å². The lowest BCUT2D eigenvalue weighted by Gasteiger charge is -2.22. The first-order chi connectivity index (χ1) is 13.8. The lowest BCUT2D eigenvalue weighted by molar-refractivity contribution is -0.118. The van der Waals surface area contributed by atoms with Crippen LogP contribution in [-0.4, -0.2) is 26.3 Å². The van der Waals surface area contributed by atoms with Gasteiger partial charge in [-0.3, -0.25) is 9.59 Å². The molecule has 2 aromatic rings. The summed E-state index contributed by atoms with van der Waals surface area (Å²) in [7, 11) is -3.92. The number of carbonyl (C=O) groups excluding carboxylic acids is 2. The Hall–Kier alpha value is -2.71. The van der Waals surface area contributed by atoms with Crippen LogP contribution >= 0.6 is 0 Å². The number of fused-ring (bicyclic) bond motifs is 1. The fraction of sp³-hybridized carbons (Fsp3) is 0.333. The highest BCUT2D eigenvalue weighted by Gasteiger charge is 2.29. The summed E-state index contributed by atoms with van der Waals surface area (Å²) in [5, 5.41) is 5.53. The fourth-order valence-electron chi connectivity index (χ4n) is 3.19. The zero-order chi connectivity index (χ0) is 21.0. The van der Waals surface area contributed by atoms with Crippen LogP contribution in [-0.2, 0) is 26.0 Å². The number of amides is 2. The molecule has 0 saturated heterocycles. The van der Waals surface area contributed by atoms with Gasteiger partial charge in [-0.2, -0.15) is 4.72 Å². The average Bonchev–Trinajstić information content (AvgIpc) is 2.86. The minimum absolute atomic E-state index is 0.0741. The van der Waals surface area contributed by atoms with E-state index in [1.165, 1.54) is 6.07 Å². The van der Waals surface area contributed by atoms with Crippen molar-refractivity contribution in [1.29, 1.82) is 0 Å².